The molecule has 1 heterocycles. The van der Waals surface area contributed by atoms with Crippen molar-refractivity contribution in [3.05, 3.63) is 29.8 Å². The molecule has 2 N–H and O–H groups in total. The van der Waals surface area contributed by atoms with Gasteiger partial charge in [-0.15, -0.1) is 0 Å². The van der Waals surface area contributed by atoms with Crippen LogP contribution in [0.5, 0.6) is 5.75 Å². The quantitative estimate of drug-likeness (QED) is 0.532. The maximum atomic E-state index is 12.4. The summed E-state index contributed by atoms with van der Waals surface area (Å²) in [7, 11) is -3.19. The van der Waals surface area contributed by atoms with Crippen LogP contribution in [0.2, 0.25) is 0 Å². The van der Waals surface area contributed by atoms with E-state index in [-0.39, 0.29) is 30.0 Å². The van der Waals surface area contributed by atoms with Gasteiger partial charge >= 0.3 is 0 Å². The lowest BCUT2D eigenvalue weighted by Crippen LogP contribution is -2.56. The van der Waals surface area contributed by atoms with E-state index in [1.807, 2.05) is 18.2 Å². The number of ether oxygens (including phenoxy) is 2. The second-order valence-corrected chi connectivity index (χ2v) is 11.0. The van der Waals surface area contributed by atoms with Crippen molar-refractivity contribution < 1.29 is 22.7 Å². The Labute approximate surface area is 185 Å². The molecule has 3 aliphatic rings. The molecule has 1 aromatic rings. The second kappa shape index (κ2) is 10.4. The lowest BCUT2D eigenvalue weighted by molar-refractivity contribution is -0.109. The molecule has 31 heavy (non-hydrogen) atoms. The van der Waals surface area contributed by atoms with Crippen LogP contribution >= 0.6 is 0 Å². The summed E-state index contributed by atoms with van der Waals surface area (Å²) in [5.41, 5.74) is 1.17. The van der Waals surface area contributed by atoms with Crippen LogP contribution in [0.4, 0.5) is 0 Å². The molecule has 7 nitrogen and oxygen atoms in total. The molecular formula is C23H34N2O5S. The van der Waals surface area contributed by atoms with Gasteiger partial charge in [-0.05, 0) is 75.5 Å². The van der Waals surface area contributed by atoms with Crippen LogP contribution in [0.25, 0.3) is 0 Å². The summed E-state index contributed by atoms with van der Waals surface area (Å²) in [5.74, 6) is 1.21. The van der Waals surface area contributed by atoms with Gasteiger partial charge in [0.15, 0.2) is 6.29 Å². The van der Waals surface area contributed by atoms with Crippen molar-refractivity contribution in [3.63, 3.8) is 0 Å². The van der Waals surface area contributed by atoms with Gasteiger partial charge in [-0.1, -0.05) is 18.2 Å². The molecule has 2 saturated carbocycles. The maximum absolute atomic E-state index is 12.4. The highest BCUT2D eigenvalue weighted by atomic mass is 32.2. The molecule has 1 saturated heterocycles. The van der Waals surface area contributed by atoms with Crippen molar-refractivity contribution in [2.45, 2.75) is 80.7 Å². The molecule has 172 valence electrons. The molecule has 1 aromatic carbocycles. The summed E-state index contributed by atoms with van der Waals surface area (Å²) < 4.78 is 39.5. The Morgan fingerprint density at radius 2 is 1.84 bits per heavy atom. The van der Waals surface area contributed by atoms with Gasteiger partial charge < -0.3 is 14.8 Å². The standard InChI is InChI=1S/C23H34N2O5S/c26-14-15-29-23-6-2-1-4-20(23)17-7-9-18(10-8-17)30-16-22-21(5-3-13-24-22)25-31(27,28)19-11-12-19/h1-2,4,6,14,17-19,21-22,24-25H,3,5,7-13,15-16H2/t17-,18+,21-,22-/m0/s1. The molecule has 0 amide bonds. The molecule has 0 radical (unpaired) electrons. The SMILES string of the molecule is O=CCOc1ccccc1[C@H]1CC[C@@H](OC[C@@H]2NCCC[C@@H]2NS(=O)(=O)C2CC2)CC1. The van der Waals surface area contributed by atoms with E-state index in [2.05, 4.69) is 16.1 Å². The molecule has 3 fully saturated rings. The van der Waals surface area contributed by atoms with Gasteiger partial charge in [0.05, 0.1) is 18.0 Å². The highest BCUT2D eigenvalue weighted by Crippen LogP contribution is 2.38. The highest BCUT2D eigenvalue weighted by Gasteiger charge is 2.39. The summed E-state index contributed by atoms with van der Waals surface area (Å²) in [4.78, 5) is 10.7. The lowest BCUT2D eigenvalue weighted by atomic mass is 9.82. The van der Waals surface area contributed by atoms with Gasteiger partial charge in [0, 0.05) is 12.1 Å². The minimum Gasteiger partial charge on any atom is -0.486 e. The fourth-order valence-corrected chi connectivity index (χ4v) is 6.46. The first-order chi connectivity index (χ1) is 15.1. The molecule has 2 atom stereocenters. The number of hydrogen-bond donors (Lipinski definition) is 2. The van der Waals surface area contributed by atoms with Crippen LogP contribution in [-0.4, -0.2) is 57.9 Å². The van der Waals surface area contributed by atoms with Crippen molar-refractivity contribution in [2.75, 3.05) is 19.8 Å². The van der Waals surface area contributed by atoms with E-state index < -0.39 is 10.0 Å². The van der Waals surface area contributed by atoms with Crippen molar-refractivity contribution in [1.29, 1.82) is 0 Å². The Balaban J connectivity index is 1.26. The molecule has 0 spiro atoms. The predicted octanol–water partition coefficient (Wildman–Crippen LogP) is 2.51. The van der Waals surface area contributed by atoms with Crippen molar-refractivity contribution >= 4 is 16.3 Å². The number of carbonyl (C=O) groups excluding carboxylic acids is 1. The van der Waals surface area contributed by atoms with Crippen molar-refractivity contribution in [2.24, 2.45) is 0 Å². The van der Waals surface area contributed by atoms with E-state index in [1.165, 1.54) is 5.56 Å². The third kappa shape index (κ3) is 6.06. The average Bonchev–Trinajstić information content (AvgIpc) is 3.64. The fraction of sp³-hybridized carbons (Fsp3) is 0.696. The third-order valence-electron chi connectivity index (χ3n) is 6.71. The summed E-state index contributed by atoms with van der Waals surface area (Å²) in [5, 5.41) is 3.27. The molecule has 2 aliphatic carbocycles. The Hall–Kier alpha value is -1.48. The van der Waals surface area contributed by atoms with E-state index >= 15 is 0 Å². The molecular weight excluding hydrogens is 416 g/mol. The van der Waals surface area contributed by atoms with E-state index in [0.717, 1.165) is 69.9 Å². The average molecular weight is 451 g/mol. The summed E-state index contributed by atoms with van der Waals surface area (Å²) >= 11 is 0. The van der Waals surface area contributed by atoms with Crippen LogP contribution < -0.4 is 14.8 Å². The van der Waals surface area contributed by atoms with Crippen LogP contribution in [-0.2, 0) is 19.6 Å². The number of aldehydes is 1. The van der Waals surface area contributed by atoms with E-state index in [1.54, 1.807) is 0 Å². The molecule has 0 aromatic heterocycles. The van der Waals surface area contributed by atoms with E-state index in [9.17, 15) is 13.2 Å². The van der Waals surface area contributed by atoms with Crippen LogP contribution in [0.1, 0.15) is 62.8 Å². The number of sulfonamides is 1. The lowest BCUT2D eigenvalue weighted by Gasteiger charge is -2.35. The molecule has 8 heteroatoms. The highest BCUT2D eigenvalue weighted by molar-refractivity contribution is 7.90. The number of rotatable bonds is 10. The van der Waals surface area contributed by atoms with E-state index in [0.29, 0.717) is 12.5 Å². The molecule has 1 aliphatic heterocycles. The number of benzene rings is 1. The largest absolute Gasteiger partial charge is 0.486 e. The van der Waals surface area contributed by atoms with E-state index in [4.69, 9.17) is 9.47 Å². The van der Waals surface area contributed by atoms with Crippen molar-refractivity contribution in [1.82, 2.24) is 10.0 Å². The van der Waals surface area contributed by atoms with Gasteiger partial charge in [0.2, 0.25) is 10.0 Å². The first-order valence-electron chi connectivity index (χ1n) is 11.6. The van der Waals surface area contributed by atoms with Crippen LogP contribution in [0.3, 0.4) is 0 Å². The zero-order chi connectivity index (χ0) is 21.7. The maximum Gasteiger partial charge on any atom is 0.214 e. The third-order valence-corrected chi connectivity index (χ3v) is 8.69. The summed E-state index contributed by atoms with van der Waals surface area (Å²) in [6, 6.07) is 7.91. The van der Waals surface area contributed by atoms with Crippen molar-refractivity contribution in [3.8, 4) is 5.75 Å². The van der Waals surface area contributed by atoms with Gasteiger partial charge in [-0.3, -0.25) is 4.79 Å². The molecule has 0 unspecified atom stereocenters. The Morgan fingerprint density at radius 1 is 1.06 bits per heavy atom. The summed E-state index contributed by atoms with van der Waals surface area (Å²) in [6.45, 7) is 1.52. The smallest absolute Gasteiger partial charge is 0.214 e. The predicted molar refractivity (Wildman–Crippen MR) is 119 cm³/mol. The fourth-order valence-electron chi connectivity index (χ4n) is 4.81. The number of hydrogen-bond acceptors (Lipinski definition) is 6. The Morgan fingerprint density at radius 3 is 2.58 bits per heavy atom. The van der Waals surface area contributed by atoms with Gasteiger partial charge in [0.1, 0.15) is 12.4 Å². The molecule has 4 rings (SSSR count). The monoisotopic (exact) mass is 450 g/mol. The first kappa shape index (κ1) is 22.7. The van der Waals surface area contributed by atoms with Gasteiger partial charge in [0.25, 0.3) is 0 Å². The van der Waals surface area contributed by atoms with Crippen LogP contribution in [0, 0.1) is 0 Å². The number of nitrogens with one attached hydrogen (secondary N) is 2. The van der Waals surface area contributed by atoms with Gasteiger partial charge in [-0.2, -0.15) is 0 Å². The topological polar surface area (TPSA) is 93.7 Å². The van der Waals surface area contributed by atoms with Gasteiger partial charge in [-0.25, -0.2) is 13.1 Å². The van der Waals surface area contributed by atoms with Crippen LogP contribution in [0.15, 0.2) is 24.3 Å². The molecule has 0 bridgehead atoms. The Kier molecular flexibility index (Phi) is 7.63. The number of piperidine rings is 1. The first-order valence-corrected chi connectivity index (χ1v) is 13.1. The second-order valence-electron chi connectivity index (χ2n) is 8.99. The zero-order valence-electron chi connectivity index (χ0n) is 18.0. The zero-order valence-corrected chi connectivity index (χ0v) is 18.8. The number of para-hydroxylation sites is 1. The normalized spacial score (nSPS) is 29.4. The summed E-state index contributed by atoms with van der Waals surface area (Å²) in [6.07, 6.45) is 8.34. The minimum atomic E-state index is -3.19. The Bertz CT molecular complexity index is 834. The minimum absolute atomic E-state index is 0.0254. The number of carbonyl (C=O) groups is 1.